The molecule has 10 nitrogen and oxygen atoms in total. The van der Waals surface area contributed by atoms with Crippen LogP contribution in [0.3, 0.4) is 0 Å². The van der Waals surface area contributed by atoms with Gasteiger partial charge >= 0.3 is 12.1 Å². The van der Waals surface area contributed by atoms with Crippen LogP contribution in [0.25, 0.3) is 23.3 Å². The first kappa shape index (κ1) is 54.4. The van der Waals surface area contributed by atoms with E-state index < -0.39 is 5.97 Å². The Kier molecular flexibility index (Phi) is 19.0. The first-order valence-corrected chi connectivity index (χ1v) is 27.6. The molecule has 1 amide bonds. The Morgan fingerprint density at radius 1 is 0.618 bits per heavy atom. The lowest BCUT2D eigenvalue weighted by Crippen LogP contribution is -2.48. The molecule has 3 aliphatic heterocycles. The summed E-state index contributed by atoms with van der Waals surface area (Å²) in [6.45, 7) is 10.7. The van der Waals surface area contributed by atoms with Gasteiger partial charge in [-0.1, -0.05) is 150 Å². The van der Waals surface area contributed by atoms with Crippen molar-refractivity contribution in [1.29, 1.82) is 0 Å². The van der Waals surface area contributed by atoms with Crippen LogP contribution in [-0.2, 0) is 27.1 Å². The number of ether oxygens (including phenoxy) is 2. The fourth-order valence-electron chi connectivity index (χ4n) is 11.1. The van der Waals surface area contributed by atoms with E-state index in [2.05, 4.69) is 137 Å². The number of aryl methyl sites for hydroxylation is 2. The lowest BCUT2D eigenvalue weighted by atomic mass is 9.86. The number of aromatic nitrogens is 1. The Morgan fingerprint density at radius 3 is 1.87 bits per heavy atom. The molecule has 12 heteroatoms. The summed E-state index contributed by atoms with van der Waals surface area (Å²) in [6, 6.07) is 46.8. The number of carboxylic acid groups (broad SMARTS) is 1. The van der Waals surface area contributed by atoms with Crippen molar-refractivity contribution in [1.82, 2.24) is 24.6 Å². The molecule has 2 aliphatic carbocycles. The molecule has 394 valence electrons. The van der Waals surface area contributed by atoms with E-state index in [0.29, 0.717) is 26.3 Å². The zero-order valence-electron chi connectivity index (χ0n) is 43.8. The number of carbonyl (C=O) groups excluding carboxylic acids is 1. The number of piperidine rings is 2. The van der Waals surface area contributed by atoms with Crippen LogP contribution in [0, 0.1) is 0 Å². The molecular formula is C64H69Cl2N5O5. The first-order valence-electron chi connectivity index (χ1n) is 26.8. The van der Waals surface area contributed by atoms with Gasteiger partial charge in [0.1, 0.15) is 6.61 Å². The molecular weight excluding hydrogens is 990 g/mol. The standard InChI is InChI=1S/C22H23ClN2O2.C21H25ClN2O3.C21H21N/c1-2-27-22(26)25-12-9-15(10-13-25)20-19-8-7-18(23)14-17(19)6-5-16-4-3-11-24-21(16)20;22-19-8-6-18(7-9-19)21(17-4-2-1-3-5-17)24-12-10-23(11-13-24)14-15-27-16-20(25)26;1-22-14-12-18(13-15-22)21-19-8-4-2-6-16(19)10-11-17-7-3-5-9-20(17)21/h3-4,7-8,11,14H,2,5-6,9-10,12-13H2,1H3;1-9,21H,10-16H2,(H,25,26);2-11H,12-15H2,1H3. The summed E-state index contributed by atoms with van der Waals surface area (Å²) in [6.07, 6.45) is 12.1. The van der Waals surface area contributed by atoms with E-state index in [1.165, 1.54) is 79.6 Å². The molecule has 3 saturated heterocycles. The lowest BCUT2D eigenvalue weighted by Gasteiger charge is -2.39. The molecule has 0 bridgehead atoms. The fourth-order valence-corrected chi connectivity index (χ4v) is 11.5. The number of hydrogen-bond acceptors (Lipinski definition) is 8. The van der Waals surface area contributed by atoms with E-state index >= 15 is 0 Å². The van der Waals surface area contributed by atoms with Crippen LogP contribution >= 0.6 is 23.2 Å². The summed E-state index contributed by atoms with van der Waals surface area (Å²) in [7, 11) is 2.22. The number of pyridine rings is 1. The van der Waals surface area contributed by atoms with Gasteiger partial charge in [0, 0.05) is 80.7 Å². The van der Waals surface area contributed by atoms with Crippen LogP contribution in [0.4, 0.5) is 4.79 Å². The molecule has 1 atom stereocenters. The molecule has 5 aliphatic rings. The molecule has 1 N–H and O–H groups in total. The highest BCUT2D eigenvalue weighted by Crippen LogP contribution is 2.40. The number of rotatable bonds is 9. The van der Waals surface area contributed by atoms with Crippen LogP contribution in [0.2, 0.25) is 10.0 Å². The number of benzene rings is 5. The van der Waals surface area contributed by atoms with Crippen molar-refractivity contribution in [3.8, 4) is 0 Å². The Bertz CT molecular complexity index is 2970. The second-order valence-corrected chi connectivity index (χ2v) is 20.8. The van der Waals surface area contributed by atoms with Gasteiger partial charge in [0.05, 0.1) is 24.9 Å². The predicted molar refractivity (Wildman–Crippen MR) is 308 cm³/mol. The maximum atomic E-state index is 12.0. The highest BCUT2D eigenvalue weighted by molar-refractivity contribution is 6.31. The summed E-state index contributed by atoms with van der Waals surface area (Å²) < 4.78 is 10.3. The van der Waals surface area contributed by atoms with Gasteiger partial charge in [0.2, 0.25) is 0 Å². The van der Waals surface area contributed by atoms with Crippen molar-refractivity contribution >= 4 is 58.6 Å². The lowest BCUT2D eigenvalue weighted by molar-refractivity contribution is -0.142. The minimum absolute atomic E-state index is 0.203. The zero-order chi connectivity index (χ0) is 52.8. The number of nitrogens with zero attached hydrogens (tertiary/aromatic N) is 5. The maximum absolute atomic E-state index is 12.0. The number of piperazine rings is 1. The second-order valence-electron chi connectivity index (χ2n) is 20.0. The summed E-state index contributed by atoms with van der Waals surface area (Å²) in [5.74, 6) is -0.923. The molecule has 76 heavy (non-hydrogen) atoms. The molecule has 4 heterocycles. The first-order chi connectivity index (χ1) is 37.1. The van der Waals surface area contributed by atoms with Gasteiger partial charge < -0.3 is 24.4 Å². The number of carboxylic acids is 1. The van der Waals surface area contributed by atoms with E-state index in [-0.39, 0.29) is 18.7 Å². The van der Waals surface area contributed by atoms with Crippen LogP contribution in [0.5, 0.6) is 0 Å². The molecule has 0 radical (unpaired) electrons. The number of aliphatic carboxylic acids is 1. The third-order valence-corrected chi connectivity index (χ3v) is 15.6. The van der Waals surface area contributed by atoms with Crippen LogP contribution in [0.1, 0.15) is 94.4 Å². The van der Waals surface area contributed by atoms with Crippen molar-refractivity contribution in [2.45, 2.75) is 51.5 Å². The zero-order valence-corrected chi connectivity index (χ0v) is 45.3. The van der Waals surface area contributed by atoms with Crippen molar-refractivity contribution in [2.24, 2.45) is 0 Å². The highest BCUT2D eigenvalue weighted by Gasteiger charge is 2.29. The van der Waals surface area contributed by atoms with Crippen LogP contribution < -0.4 is 0 Å². The highest BCUT2D eigenvalue weighted by atomic mass is 35.5. The molecule has 1 unspecified atom stereocenters. The topological polar surface area (TPSA) is 98.7 Å². The summed E-state index contributed by atoms with van der Waals surface area (Å²) >= 11 is 12.3. The fraction of sp³-hybridized carbons (Fsp3) is 0.328. The molecule has 6 aromatic rings. The van der Waals surface area contributed by atoms with E-state index in [1.54, 1.807) is 10.5 Å². The van der Waals surface area contributed by atoms with Crippen LogP contribution in [0.15, 0.2) is 151 Å². The number of fused-ring (bicyclic) bond motifs is 4. The average Bonchev–Trinajstić information content (AvgIpc) is 3.73. The average molecular weight is 1060 g/mol. The van der Waals surface area contributed by atoms with Gasteiger partial charge in [0.25, 0.3) is 0 Å². The largest absolute Gasteiger partial charge is 0.480 e. The molecule has 1 aromatic heterocycles. The Hall–Kier alpha value is -6.37. The van der Waals surface area contributed by atoms with Crippen molar-refractivity contribution in [3.63, 3.8) is 0 Å². The van der Waals surface area contributed by atoms with Crippen molar-refractivity contribution in [3.05, 3.63) is 217 Å². The number of likely N-dealkylation sites (tertiary alicyclic amines) is 2. The van der Waals surface area contributed by atoms with Crippen molar-refractivity contribution in [2.75, 3.05) is 85.8 Å². The number of halogens is 2. The Balaban J connectivity index is 0.000000140. The van der Waals surface area contributed by atoms with Gasteiger partial charge in [-0.05, 0) is 138 Å². The minimum atomic E-state index is -0.923. The van der Waals surface area contributed by atoms with Gasteiger partial charge in [-0.2, -0.15) is 0 Å². The second kappa shape index (κ2) is 26.6. The Labute approximate surface area is 458 Å². The predicted octanol–water partition coefficient (Wildman–Crippen LogP) is 12.7. The van der Waals surface area contributed by atoms with E-state index in [9.17, 15) is 9.59 Å². The quantitative estimate of drug-likeness (QED) is 0.142. The van der Waals surface area contributed by atoms with Gasteiger partial charge in [-0.15, -0.1) is 0 Å². The van der Waals surface area contributed by atoms with Gasteiger partial charge in [-0.3, -0.25) is 14.8 Å². The van der Waals surface area contributed by atoms with Gasteiger partial charge in [-0.25, -0.2) is 9.59 Å². The van der Waals surface area contributed by atoms with Crippen LogP contribution in [-0.4, -0.2) is 128 Å². The summed E-state index contributed by atoms with van der Waals surface area (Å²) in [5.41, 5.74) is 18.5. The summed E-state index contributed by atoms with van der Waals surface area (Å²) in [4.78, 5) is 36.3. The van der Waals surface area contributed by atoms with E-state index in [4.69, 9.17) is 42.8 Å². The summed E-state index contributed by atoms with van der Waals surface area (Å²) in [5, 5.41) is 10.1. The maximum Gasteiger partial charge on any atom is 0.409 e. The molecule has 11 rings (SSSR count). The molecule has 5 aromatic carbocycles. The molecule has 3 fully saturated rings. The van der Waals surface area contributed by atoms with E-state index in [0.717, 1.165) is 87.2 Å². The number of hydrogen-bond donors (Lipinski definition) is 1. The SMILES string of the molecule is CCOC(=O)N1CCC(=C2c3ccc(Cl)cc3CCc3cccnc32)CC1.CN1CCC(=C2c3ccccc3C=Cc3ccccc32)CC1.O=C(O)COCCN1CCN(C(c2ccccc2)c2ccc(Cl)cc2)CC1. The smallest absolute Gasteiger partial charge is 0.409 e. The normalized spacial score (nSPS) is 17.0. The van der Waals surface area contributed by atoms with E-state index in [1.807, 2.05) is 43.5 Å². The molecule has 0 spiro atoms. The monoisotopic (exact) mass is 1060 g/mol. The van der Waals surface area contributed by atoms with Gasteiger partial charge in [0.15, 0.2) is 0 Å². The Morgan fingerprint density at radius 2 is 1.21 bits per heavy atom. The number of carbonyl (C=O) groups is 2. The minimum Gasteiger partial charge on any atom is -0.480 e. The number of amides is 1. The third-order valence-electron chi connectivity index (χ3n) is 15.1. The molecule has 0 saturated carbocycles. The third kappa shape index (κ3) is 13.8. The van der Waals surface area contributed by atoms with Crippen molar-refractivity contribution < 1.29 is 24.2 Å².